The Morgan fingerprint density at radius 3 is 2.84 bits per heavy atom. The summed E-state index contributed by atoms with van der Waals surface area (Å²) in [5.41, 5.74) is 1.61. The fraction of sp³-hybridized carbons (Fsp3) is 0.267. The molecule has 0 saturated carbocycles. The summed E-state index contributed by atoms with van der Waals surface area (Å²) in [6.07, 6.45) is 4.00. The van der Waals surface area contributed by atoms with Gasteiger partial charge < -0.3 is 9.84 Å². The van der Waals surface area contributed by atoms with E-state index in [-0.39, 0.29) is 5.75 Å². The average Bonchev–Trinajstić information content (AvgIpc) is 2.45. The molecule has 1 N–H and O–H groups in total. The van der Waals surface area contributed by atoms with E-state index in [4.69, 9.17) is 4.74 Å². The van der Waals surface area contributed by atoms with Gasteiger partial charge in [-0.05, 0) is 42.2 Å². The van der Waals surface area contributed by atoms with Crippen LogP contribution >= 0.6 is 0 Å². The summed E-state index contributed by atoms with van der Waals surface area (Å²) in [4.78, 5) is 4.01. The van der Waals surface area contributed by atoms with Gasteiger partial charge in [0, 0.05) is 12.4 Å². The fourth-order valence-electron chi connectivity index (χ4n) is 1.91. The summed E-state index contributed by atoms with van der Waals surface area (Å²) >= 11 is 0. The summed E-state index contributed by atoms with van der Waals surface area (Å²) in [5.74, 6) is -0.274. The number of hydrogen-bond acceptors (Lipinski definition) is 3. The number of nitrogens with zero attached hydrogens (tertiary/aromatic N) is 1. The molecule has 0 amide bonds. The van der Waals surface area contributed by atoms with Crippen molar-refractivity contribution in [3.05, 3.63) is 59.7 Å². The minimum atomic E-state index is -0.694. The van der Waals surface area contributed by atoms with Gasteiger partial charge in [0.1, 0.15) is 0 Å². The van der Waals surface area contributed by atoms with Crippen molar-refractivity contribution in [3.63, 3.8) is 0 Å². The van der Waals surface area contributed by atoms with E-state index in [1.54, 1.807) is 18.5 Å². The topological polar surface area (TPSA) is 42.4 Å². The molecular formula is C15H16FNO2. The lowest BCUT2D eigenvalue weighted by Crippen LogP contribution is -2.01. The number of benzene rings is 1. The number of hydrogen-bond donors (Lipinski definition) is 1. The number of aliphatic hydroxyl groups is 1. The highest BCUT2D eigenvalue weighted by Crippen LogP contribution is 2.24. The van der Waals surface area contributed by atoms with Gasteiger partial charge in [0.05, 0.1) is 13.2 Å². The molecule has 0 aliphatic rings. The second kappa shape index (κ2) is 6.29. The number of rotatable bonds is 5. The average molecular weight is 261 g/mol. The number of aliphatic hydroxyl groups excluding tert-OH is 1. The van der Waals surface area contributed by atoms with E-state index in [2.05, 4.69) is 4.98 Å². The van der Waals surface area contributed by atoms with Crippen LogP contribution in [0, 0.1) is 5.82 Å². The number of pyridine rings is 1. The number of aryl methyl sites for hydroxylation is 1. The smallest absolute Gasteiger partial charge is 0.165 e. The van der Waals surface area contributed by atoms with Crippen LogP contribution in [-0.4, -0.2) is 17.2 Å². The van der Waals surface area contributed by atoms with Gasteiger partial charge in [-0.15, -0.1) is 0 Å². The van der Waals surface area contributed by atoms with E-state index in [0.29, 0.717) is 18.4 Å². The van der Waals surface area contributed by atoms with Gasteiger partial charge >= 0.3 is 0 Å². The molecule has 0 fully saturated rings. The second-order valence-electron chi connectivity index (χ2n) is 4.31. The Balaban J connectivity index is 2.00. The molecule has 1 aromatic carbocycles. The zero-order valence-corrected chi connectivity index (χ0v) is 10.7. The van der Waals surface area contributed by atoms with Crippen molar-refractivity contribution in [1.29, 1.82) is 0 Å². The Morgan fingerprint density at radius 2 is 2.21 bits per heavy atom. The maximum absolute atomic E-state index is 13.5. The maximum atomic E-state index is 13.5. The van der Waals surface area contributed by atoms with E-state index in [1.165, 1.54) is 19.2 Å². The second-order valence-corrected chi connectivity index (χ2v) is 4.31. The number of aromatic nitrogens is 1. The first-order valence-corrected chi connectivity index (χ1v) is 6.11. The normalized spacial score (nSPS) is 12.2. The van der Waals surface area contributed by atoms with Crippen LogP contribution in [0.3, 0.4) is 0 Å². The van der Waals surface area contributed by atoms with Crippen molar-refractivity contribution in [3.8, 4) is 5.75 Å². The molecule has 2 rings (SSSR count). The lowest BCUT2D eigenvalue weighted by Gasteiger charge is -2.12. The van der Waals surface area contributed by atoms with Crippen LogP contribution in [0.15, 0.2) is 42.7 Å². The summed E-state index contributed by atoms with van der Waals surface area (Å²) in [6.45, 7) is 0. The van der Waals surface area contributed by atoms with Crippen LogP contribution < -0.4 is 4.74 Å². The molecular weight excluding hydrogens is 245 g/mol. The Morgan fingerprint density at radius 1 is 1.37 bits per heavy atom. The maximum Gasteiger partial charge on any atom is 0.165 e. The van der Waals surface area contributed by atoms with Crippen molar-refractivity contribution in [2.24, 2.45) is 0 Å². The highest BCUT2D eigenvalue weighted by atomic mass is 19.1. The van der Waals surface area contributed by atoms with Crippen molar-refractivity contribution in [2.75, 3.05) is 7.11 Å². The zero-order valence-electron chi connectivity index (χ0n) is 10.7. The SMILES string of the molecule is COc1ccc(C(O)CCc2cccnc2)cc1F. The molecule has 0 spiro atoms. The number of halogens is 1. The molecule has 1 atom stereocenters. The van der Waals surface area contributed by atoms with Crippen LogP contribution in [0.25, 0.3) is 0 Å². The van der Waals surface area contributed by atoms with Gasteiger partial charge in [-0.25, -0.2) is 4.39 Å². The van der Waals surface area contributed by atoms with E-state index in [1.807, 2.05) is 12.1 Å². The van der Waals surface area contributed by atoms with Crippen LogP contribution in [0.4, 0.5) is 4.39 Å². The van der Waals surface area contributed by atoms with Gasteiger partial charge in [0.15, 0.2) is 11.6 Å². The first-order valence-electron chi connectivity index (χ1n) is 6.11. The molecule has 0 aliphatic carbocycles. The van der Waals surface area contributed by atoms with E-state index in [9.17, 15) is 9.50 Å². The van der Waals surface area contributed by atoms with Crippen LogP contribution in [0.2, 0.25) is 0 Å². The monoisotopic (exact) mass is 261 g/mol. The minimum Gasteiger partial charge on any atom is -0.494 e. The summed E-state index contributed by atoms with van der Waals surface area (Å²) in [6, 6.07) is 8.32. The number of methoxy groups -OCH3 is 1. The van der Waals surface area contributed by atoms with Crippen molar-refractivity contribution < 1.29 is 14.2 Å². The predicted octanol–water partition coefficient (Wildman–Crippen LogP) is 2.90. The van der Waals surface area contributed by atoms with Crippen molar-refractivity contribution in [2.45, 2.75) is 18.9 Å². The largest absolute Gasteiger partial charge is 0.494 e. The molecule has 0 radical (unpaired) electrons. The third kappa shape index (κ3) is 3.51. The molecule has 100 valence electrons. The molecule has 1 aromatic heterocycles. The van der Waals surface area contributed by atoms with Gasteiger partial charge in [-0.2, -0.15) is 0 Å². The highest BCUT2D eigenvalue weighted by molar-refractivity contribution is 5.30. The molecule has 1 unspecified atom stereocenters. The van der Waals surface area contributed by atoms with Gasteiger partial charge in [-0.3, -0.25) is 4.98 Å². The highest BCUT2D eigenvalue weighted by Gasteiger charge is 2.11. The lowest BCUT2D eigenvalue weighted by molar-refractivity contribution is 0.167. The molecule has 0 bridgehead atoms. The molecule has 1 heterocycles. The Labute approximate surface area is 111 Å². The number of ether oxygens (including phenoxy) is 1. The third-order valence-corrected chi connectivity index (χ3v) is 2.99. The molecule has 3 nitrogen and oxygen atoms in total. The minimum absolute atomic E-state index is 0.184. The lowest BCUT2D eigenvalue weighted by atomic mass is 10.0. The summed E-state index contributed by atoms with van der Waals surface area (Å²) in [7, 11) is 1.41. The first kappa shape index (κ1) is 13.5. The van der Waals surface area contributed by atoms with Gasteiger partial charge in [0.2, 0.25) is 0 Å². The van der Waals surface area contributed by atoms with Crippen LogP contribution in [-0.2, 0) is 6.42 Å². The van der Waals surface area contributed by atoms with Gasteiger partial charge in [0.25, 0.3) is 0 Å². The fourth-order valence-corrected chi connectivity index (χ4v) is 1.91. The molecule has 0 aliphatic heterocycles. The Bertz CT molecular complexity index is 531. The predicted molar refractivity (Wildman–Crippen MR) is 70.5 cm³/mol. The summed E-state index contributed by atoms with van der Waals surface area (Å²) in [5, 5.41) is 10.0. The molecule has 2 aromatic rings. The summed E-state index contributed by atoms with van der Waals surface area (Å²) < 4.78 is 18.4. The Hall–Kier alpha value is -1.94. The van der Waals surface area contributed by atoms with Crippen LogP contribution in [0.5, 0.6) is 5.75 Å². The quantitative estimate of drug-likeness (QED) is 0.899. The van der Waals surface area contributed by atoms with Gasteiger partial charge in [-0.1, -0.05) is 12.1 Å². The van der Waals surface area contributed by atoms with Crippen molar-refractivity contribution in [1.82, 2.24) is 4.98 Å². The zero-order chi connectivity index (χ0) is 13.7. The molecule has 19 heavy (non-hydrogen) atoms. The van der Waals surface area contributed by atoms with E-state index < -0.39 is 11.9 Å². The Kier molecular flexibility index (Phi) is 4.47. The van der Waals surface area contributed by atoms with Crippen molar-refractivity contribution >= 4 is 0 Å². The van der Waals surface area contributed by atoms with E-state index in [0.717, 1.165) is 5.56 Å². The standard InChI is InChI=1S/C15H16FNO2/c1-19-15-7-5-12(9-13(15)16)14(18)6-4-11-3-2-8-17-10-11/h2-3,5,7-10,14,18H,4,6H2,1H3. The van der Waals surface area contributed by atoms with Crippen LogP contribution in [0.1, 0.15) is 23.7 Å². The first-order chi connectivity index (χ1) is 9.20. The van der Waals surface area contributed by atoms with E-state index >= 15 is 0 Å². The third-order valence-electron chi connectivity index (χ3n) is 2.99. The molecule has 4 heteroatoms. The molecule has 0 saturated heterocycles.